The van der Waals surface area contributed by atoms with Gasteiger partial charge in [0.1, 0.15) is 5.75 Å². The predicted octanol–water partition coefficient (Wildman–Crippen LogP) is 1.96. The largest absolute Gasteiger partial charge is 0.497 e. The van der Waals surface area contributed by atoms with Crippen molar-refractivity contribution in [1.29, 1.82) is 0 Å². The first-order valence-corrected chi connectivity index (χ1v) is 6.77. The third-order valence-electron chi connectivity index (χ3n) is 2.88. The molecule has 0 atom stereocenters. The van der Waals surface area contributed by atoms with Crippen LogP contribution in [-0.2, 0) is 9.59 Å². The Balaban J connectivity index is 2.69. The molecule has 0 fully saturated rings. The van der Waals surface area contributed by atoms with Crippen LogP contribution in [0, 0.1) is 0 Å². The van der Waals surface area contributed by atoms with E-state index in [0.29, 0.717) is 18.8 Å². The molecule has 110 valence electrons. The van der Waals surface area contributed by atoms with Gasteiger partial charge in [-0.3, -0.25) is 9.59 Å². The van der Waals surface area contributed by atoms with Gasteiger partial charge in [0.05, 0.1) is 7.11 Å². The fraction of sp³-hybridized carbons (Fsp3) is 0.467. The van der Waals surface area contributed by atoms with Gasteiger partial charge in [-0.05, 0) is 18.6 Å². The fourth-order valence-corrected chi connectivity index (χ4v) is 1.81. The summed E-state index contributed by atoms with van der Waals surface area (Å²) in [6.07, 6.45) is 1.19. The number of nitrogens with zero attached hydrogens (tertiary/aromatic N) is 1. The molecule has 1 N–H and O–H groups in total. The van der Waals surface area contributed by atoms with Crippen LogP contribution in [0.5, 0.6) is 5.75 Å². The maximum atomic E-state index is 11.7. The van der Waals surface area contributed by atoms with Crippen LogP contribution in [0.1, 0.15) is 26.7 Å². The van der Waals surface area contributed by atoms with E-state index in [0.717, 1.165) is 12.1 Å². The summed E-state index contributed by atoms with van der Waals surface area (Å²) in [5.74, 6) is 0.548. The zero-order chi connectivity index (χ0) is 15.0. The van der Waals surface area contributed by atoms with E-state index in [9.17, 15) is 9.59 Å². The average molecular weight is 278 g/mol. The number of rotatable bonds is 7. The number of methoxy groups -OCH3 is 1. The van der Waals surface area contributed by atoms with Gasteiger partial charge in [-0.25, -0.2) is 0 Å². The molecule has 0 aliphatic carbocycles. The first-order chi connectivity index (χ1) is 9.58. The third kappa shape index (κ3) is 4.91. The van der Waals surface area contributed by atoms with Crippen molar-refractivity contribution in [3.8, 4) is 5.75 Å². The van der Waals surface area contributed by atoms with Gasteiger partial charge in [0.2, 0.25) is 11.8 Å². The lowest BCUT2D eigenvalue weighted by Crippen LogP contribution is -2.34. The second kappa shape index (κ2) is 8.19. The molecule has 1 aromatic rings. The molecule has 1 aromatic carbocycles. The zero-order valence-corrected chi connectivity index (χ0v) is 12.3. The van der Waals surface area contributed by atoms with E-state index in [1.54, 1.807) is 18.1 Å². The molecule has 2 amide bonds. The Morgan fingerprint density at radius 2 is 2.10 bits per heavy atom. The van der Waals surface area contributed by atoms with E-state index in [1.807, 2.05) is 25.1 Å². The number of carbonyl (C=O) groups is 2. The maximum Gasteiger partial charge on any atom is 0.223 e. The maximum absolute atomic E-state index is 11.7. The Bertz CT molecular complexity index is 460. The number of hydrogen-bond acceptors (Lipinski definition) is 3. The molecule has 0 saturated heterocycles. The van der Waals surface area contributed by atoms with Crippen LogP contribution in [0.4, 0.5) is 5.69 Å². The van der Waals surface area contributed by atoms with Crippen molar-refractivity contribution >= 4 is 17.5 Å². The molecule has 20 heavy (non-hydrogen) atoms. The molecule has 5 nitrogen and oxygen atoms in total. The second-order valence-corrected chi connectivity index (χ2v) is 4.47. The van der Waals surface area contributed by atoms with Crippen molar-refractivity contribution in [2.45, 2.75) is 26.7 Å². The summed E-state index contributed by atoms with van der Waals surface area (Å²) < 4.78 is 5.15. The van der Waals surface area contributed by atoms with Crippen LogP contribution >= 0.6 is 0 Å². The summed E-state index contributed by atoms with van der Waals surface area (Å²) in [6.45, 7) is 4.51. The van der Waals surface area contributed by atoms with Crippen molar-refractivity contribution in [3.05, 3.63) is 24.3 Å². The van der Waals surface area contributed by atoms with Crippen molar-refractivity contribution in [3.63, 3.8) is 0 Å². The lowest BCUT2D eigenvalue weighted by atomic mass is 10.2. The van der Waals surface area contributed by atoms with E-state index in [1.165, 1.54) is 6.92 Å². The number of nitrogens with one attached hydrogen (secondary N) is 1. The highest BCUT2D eigenvalue weighted by Gasteiger charge is 2.13. The van der Waals surface area contributed by atoms with E-state index in [2.05, 4.69) is 5.32 Å². The Hall–Kier alpha value is -2.04. The van der Waals surface area contributed by atoms with Crippen LogP contribution in [0.3, 0.4) is 0 Å². The average Bonchev–Trinajstić information content (AvgIpc) is 2.45. The van der Waals surface area contributed by atoms with Crippen molar-refractivity contribution in [2.75, 3.05) is 25.1 Å². The quantitative estimate of drug-likeness (QED) is 0.829. The summed E-state index contributed by atoms with van der Waals surface area (Å²) >= 11 is 0. The predicted molar refractivity (Wildman–Crippen MR) is 78.9 cm³/mol. The summed E-state index contributed by atoms with van der Waals surface area (Å²) in [4.78, 5) is 24.9. The second-order valence-electron chi connectivity index (χ2n) is 4.47. The number of anilines is 1. The van der Waals surface area contributed by atoms with Gasteiger partial charge in [0.25, 0.3) is 0 Å². The molecule has 0 spiro atoms. The highest BCUT2D eigenvalue weighted by atomic mass is 16.5. The Labute approximate surface area is 119 Å². The SMILES string of the molecule is CCCNC(=O)CCN(C(C)=O)c1cccc(OC)c1. The Morgan fingerprint density at radius 1 is 1.35 bits per heavy atom. The lowest BCUT2D eigenvalue weighted by Gasteiger charge is -2.21. The fourth-order valence-electron chi connectivity index (χ4n) is 1.81. The first kappa shape index (κ1) is 16.0. The number of ether oxygens (including phenoxy) is 1. The van der Waals surface area contributed by atoms with E-state index >= 15 is 0 Å². The van der Waals surface area contributed by atoms with Crippen LogP contribution in [0.15, 0.2) is 24.3 Å². The smallest absolute Gasteiger partial charge is 0.223 e. The standard InChI is InChI=1S/C15H22N2O3/c1-4-9-16-15(19)8-10-17(12(2)18)13-6-5-7-14(11-13)20-3/h5-7,11H,4,8-10H2,1-3H3,(H,16,19). The summed E-state index contributed by atoms with van der Waals surface area (Å²) in [5, 5.41) is 2.80. The topological polar surface area (TPSA) is 58.6 Å². The Morgan fingerprint density at radius 3 is 2.70 bits per heavy atom. The lowest BCUT2D eigenvalue weighted by molar-refractivity contribution is -0.121. The van der Waals surface area contributed by atoms with Gasteiger partial charge < -0.3 is 15.0 Å². The molecule has 5 heteroatoms. The van der Waals surface area contributed by atoms with Crippen LogP contribution in [0.2, 0.25) is 0 Å². The minimum atomic E-state index is -0.0958. The monoisotopic (exact) mass is 278 g/mol. The van der Waals surface area contributed by atoms with Crippen LogP contribution in [0.25, 0.3) is 0 Å². The molecule has 0 radical (unpaired) electrons. The normalized spacial score (nSPS) is 9.95. The zero-order valence-electron chi connectivity index (χ0n) is 12.3. The van der Waals surface area contributed by atoms with Crippen molar-refractivity contribution in [1.82, 2.24) is 5.32 Å². The first-order valence-electron chi connectivity index (χ1n) is 6.77. The summed E-state index contributed by atoms with van der Waals surface area (Å²) in [7, 11) is 1.58. The van der Waals surface area contributed by atoms with Gasteiger partial charge in [-0.1, -0.05) is 13.0 Å². The van der Waals surface area contributed by atoms with Gasteiger partial charge in [0, 0.05) is 38.2 Å². The minimum Gasteiger partial charge on any atom is -0.497 e. The van der Waals surface area contributed by atoms with Gasteiger partial charge >= 0.3 is 0 Å². The Kier molecular flexibility index (Phi) is 6.56. The number of carbonyl (C=O) groups excluding carboxylic acids is 2. The molecule has 1 rings (SSSR count). The number of hydrogen-bond donors (Lipinski definition) is 1. The highest BCUT2D eigenvalue weighted by Crippen LogP contribution is 2.21. The molecule has 0 aliphatic heterocycles. The molecule has 0 aromatic heterocycles. The van der Waals surface area contributed by atoms with Crippen LogP contribution < -0.4 is 15.0 Å². The number of benzene rings is 1. The molecular formula is C15H22N2O3. The molecule has 0 aliphatic rings. The van der Waals surface area contributed by atoms with Gasteiger partial charge in [-0.2, -0.15) is 0 Å². The van der Waals surface area contributed by atoms with Gasteiger partial charge in [0.15, 0.2) is 0 Å². The molecular weight excluding hydrogens is 256 g/mol. The molecule has 0 saturated carbocycles. The summed E-state index contributed by atoms with van der Waals surface area (Å²) in [5.41, 5.74) is 0.736. The third-order valence-corrected chi connectivity index (χ3v) is 2.88. The molecule has 0 heterocycles. The minimum absolute atomic E-state index is 0.0407. The molecule has 0 bridgehead atoms. The van der Waals surface area contributed by atoms with Crippen molar-refractivity contribution < 1.29 is 14.3 Å². The van der Waals surface area contributed by atoms with Crippen LogP contribution in [-0.4, -0.2) is 32.0 Å². The summed E-state index contributed by atoms with van der Waals surface area (Å²) in [6, 6.07) is 7.25. The van der Waals surface area contributed by atoms with Crippen molar-refractivity contribution in [2.24, 2.45) is 0 Å². The van der Waals surface area contributed by atoms with E-state index in [-0.39, 0.29) is 18.2 Å². The van der Waals surface area contributed by atoms with E-state index < -0.39 is 0 Å². The van der Waals surface area contributed by atoms with E-state index in [4.69, 9.17) is 4.74 Å². The highest BCUT2D eigenvalue weighted by molar-refractivity contribution is 5.92. The van der Waals surface area contributed by atoms with Gasteiger partial charge in [-0.15, -0.1) is 0 Å². The number of amides is 2. The molecule has 0 unspecified atom stereocenters.